The van der Waals surface area contributed by atoms with Crippen molar-refractivity contribution in [2.45, 2.75) is 58.9 Å². The molecule has 17 heavy (non-hydrogen) atoms. The summed E-state index contributed by atoms with van der Waals surface area (Å²) < 4.78 is 0.862. The van der Waals surface area contributed by atoms with Crippen LogP contribution >= 0.6 is 15.9 Å². The Morgan fingerprint density at radius 3 is 2.71 bits per heavy atom. The Hall–Kier alpha value is -0.640. The molecule has 0 aromatic carbocycles. The number of nitrogens with one attached hydrogen (secondary N) is 1. The lowest BCUT2D eigenvalue weighted by Crippen LogP contribution is -2.16. The van der Waals surface area contributed by atoms with E-state index in [0.29, 0.717) is 6.04 Å². The van der Waals surface area contributed by atoms with Gasteiger partial charge < -0.3 is 5.32 Å². The average molecular weight is 300 g/mol. The molecule has 0 aliphatic rings. The largest absolute Gasteiger partial charge is 0.367 e. The van der Waals surface area contributed by atoms with Gasteiger partial charge in [0.25, 0.3) is 0 Å². The predicted octanol–water partition coefficient (Wildman–Crippen LogP) is 4.18. The van der Waals surface area contributed by atoms with Crippen LogP contribution in [0.15, 0.2) is 10.7 Å². The van der Waals surface area contributed by atoms with Gasteiger partial charge in [-0.15, -0.1) is 0 Å². The predicted molar refractivity (Wildman–Crippen MR) is 76.3 cm³/mol. The Labute approximate surface area is 113 Å². The summed E-state index contributed by atoms with van der Waals surface area (Å²) >= 11 is 3.43. The van der Waals surface area contributed by atoms with Crippen molar-refractivity contribution in [3.8, 4) is 0 Å². The van der Waals surface area contributed by atoms with Crippen LogP contribution in [0.4, 0.5) is 5.82 Å². The van der Waals surface area contributed by atoms with Crippen LogP contribution in [0.1, 0.15) is 52.3 Å². The minimum absolute atomic E-state index is 0.464. The van der Waals surface area contributed by atoms with Crippen LogP contribution in [-0.4, -0.2) is 16.0 Å². The van der Waals surface area contributed by atoms with Crippen LogP contribution in [0.3, 0.4) is 0 Å². The molecule has 0 amide bonds. The molecular formula is C13H22BrN3. The minimum atomic E-state index is 0.464. The van der Waals surface area contributed by atoms with Gasteiger partial charge in [0.1, 0.15) is 16.2 Å². The molecule has 4 heteroatoms. The highest BCUT2D eigenvalue weighted by atomic mass is 79.9. The van der Waals surface area contributed by atoms with Crippen LogP contribution in [-0.2, 0) is 6.42 Å². The zero-order chi connectivity index (χ0) is 12.7. The Morgan fingerprint density at radius 1 is 1.29 bits per heavy atom. The van der Waals surface area contributed by atoms with E-state index in [1.807, 2.05) is 6.07 Å². The van der Waals surface area contributed by atoms with Crippen molar-refractivity contribution in [2.75, 3.05) is 5.32 Å². The number of halogens is 1. The molecule has 0 saturated heterocycles. The summed E-state index contributed by atoms with van der Waals surface area (Å²) in [6.07, 6.45) is 5.67. The number of aryl methyl sites for hydroxylation is 1. The van der Waals surface area contributed by atoms with Gasteiger partial charge in [0.2, 0.25) is 0 Å². The van der Waals surface area contributed by atoms with Gasteiger partial charge in [0.05, 0.1) is 0 Å². The molecule has 0 fully saturated rings. The van der Waals surface area contributed by atoms with Crippen molar-refractivity contribution in [2.24, 2.45) is 0 Å². The zero-order valence-electron chi connectivity index (χ0n) is 11.0. The van der Waals surface area contributed by atoms with Crippen LogP contribution in [0, 0.1) is 0 Å². The van der Waals surface area contributed by atoms with E-state index in [9.17, 15) is 0 Å². The third-order valence-electron chi connectivity index (χ3n) is 2.60. The van der Waals surface area contributed by atoms with Crippen molar-refractivity contribution in [1.29, 1.82) is 0 Å². The van der Waals surface area contributed by atoms with E-state index >= 15 is 0 Å². The molecule has 96 valence electrons. The van der Waals surface area contributed by atoms with Gasteiger partial charge in [-0.2, -0.15) is 0 Å². The molecule has 0 radical (unpaired) electrons. The van der Waals surface area contributed by atoms with Crippen LogP contribution in [0.25, 0.3) is 0 Å². The molecule has 0 bridgehead atoms. The highest BCUT2D eigenvalue weighted by Gasteiger charge is 2.06. The first kappa shape index (κ1) is 14.4. The second-order valence-electron chi connectivity index (χ2n) is 4.43. The maximum absolute atomic E-state index is 4.52. The number of hydrogen-bond donors (Lipinski definition) is 1. The first-order valence-electron chi connectivity index (χ1n) is 6.45. The van der Waals surface area contributed by atoms with E-state index in [2.05, 4.69) is 52.0 Å². The normalized spacial score (nSPS) is 12.5. The molecule has 3 nitrogen and oxygen atoms in total. The Balaban J connectivity index is 2.63. The molecule has 1 rings (SSSR count). The molecule has 0 saturated carbocycles. The smallest absolute Gasteiger partial charge is 0.132 e. The highest BCUT2D eigenvalue weighted by molar-refractivity contribution is 9.10. The van der Waals surface area contributed by atoms with E-state index in [1.54, 1.807) is 0 Å². The van der Waals surface area contributed by atoms with Gasteiger partial charge in [0.15, 0.2) is 0 Å². The van der Waals surface area contributed by atoms with Gasteiger partial charge in [-0.05, 0) is 35.7 Å². The monoisotopic (exact) mass is 299 g/mol. The topological polar surface area (TPSA) is 37.8 Å². The van der Waals surface area contributed by atoms with Crippen molar-refractivity contribution >= 4 is 21.7 Å². The average Bonchev–Trinajstić information content (AvgIpc) is 2.26. The molecular weight excluding hydrogens is 278 g/mol. The van der Waals surface area contributed by atoms with E-state index in [1.165, 1.54) is 19.3 Å². The number of anilines is 1. The molecule has 0 spiro atoms. The van der Waals surface area contributed by atoms with Gasteiger partial charge >= 0.3 is 0 Å². The molecule has 1 N–H and O–H groups in total. The summed E-state index contributed by atoms with van der Waals surface area (Å²) in [6, 6.07) is 2.41. The van der Waals surface area contributed by atoms with Gasteiger partial charge in [-0.3, -0.25) is 0 Å². The fourth-order valence-corrected chi connectivity index (χ4v) is 2.13. The number of rotatable bonds is 7. The van der Waals surface area contributed by atoms with E-state index in [4.69, 9.17) is 0 Å². The second-order valence-corrected chi connectivity index (χ2v) is 5.24. The Kier molecular flexibility index (Phi) is 6.48. The van der Waals surface area contributed by atoms with Crippen molar-refractivity contribution in [3.63, 3.8) is 0 Å². The maximum Gasteiger partial charge on any atom is 0.132 e. The lowest BCUT2D eigenvalue weighted by Gasteiger charge is -2.14. The SMILES string of the molecule is CCCCC(C)Nc1cc(Br)nc(CCC)n1. The van der Waals surface area contributed by atoms with E-state index in [-0.39, 0.29) is 0 Å². The summed E-state index contributed by atoms with van der Waals surface area (Å²) in [5, 5.41) is 3.44. The standard InChI is InChI=1S/C13H22BrN3/c1-4-6-8-10(3)15-13-9-11(14)16-12(17-13)7-5-2/h9-10H,4-8H2,1-3H3,(H,15,16,17). The van der Waals surface area contributed by atoms with Crippen molar-refractivity contribution < 1.29 is 0 Å². The van der Waals surface area contributed by atoms with Crippen LogP contribution in [0.5, 0.6) is 0 Å². The van der Waals surface area contributed by atoms with Gasteiger partial charge in [-0.25, -0.2) is 9.97 Å². The van der Waals surface area contributed by atoms with E-state index < -0.39 is 0 Å². The Morgan fingerprint density at radius 2 is 2.06 bits per heavy atom. The Bertz CT molecular complexity index is 341. The molecule has 1 aromatic heterocycles. The summed E-state index contributed by atoms with van der Waals surface area (Å²) in [7, 11) is 0. The second kappa shape index (κ2) is 7.64. The van der Waals surface area contributed by atoms with Crippen molar-refractivity contribution in [1.82, 2.24) is 9.97 Å². The minimum Gasteiger partial charge on any atom is -0.367 e. The first-order chi connectivity index (χ1) is 8.15. The number of unbranched alkanes of at least 4 members (excludes halogenated alkanes) is 1. The third-order valence-corrected chi connectivity index (χ3v) is 3.01. The molecule has 1 atom stereocenters. The zero-order valence-corrected chi connectivity index (χ0v) is 12.5. The number of nitrogens with zero attached hydrogens (tertiary/aromatic N) is 2. The van der Waals surface area contributed by atoms with Crippen molar-refractivity contribution in [3.05, 3.63) is 16.5 Å². The lowest BCUT2D eigenvalue weighted by molar-refractivity contribution is 0.642. The first-order valence-corrected chi connectivity index (χ1v) is 7.25. The number of hydrogen-bond acceptors (Lipinski definition) is 3. The molecule has 1 heterocycles. The summed E-state index contributed by atoms with van der Waals surface area (Å²) in [5.74, 6) is 1.84. The summed E-state index contributed by atoms with van der Waals surface area (Å²) in [4.78, 5) is 8.88. The quantitative estimate of drug-likeness (QED) is 0.768. The maximum atomic E-state index is 4.52. The number of aromatic nitrogens is 2. The summed E-state index contributed by atoms with van der Waals surface area (Å²) in [6.45, 7) is 6.56. The fourth-order valence-electron chi connectivity index (χ4n) is 1.71. The van der Waals surface area contributed by atoms with Gasteiger partial charge in [0, 0.05) is 18.5 Å². The van der Waals surface area contributed by atoms with E-state index in [0.717, 1.165) is 29.1 Å². The highest BCUT2D eigenvalue weighted by Crippen LogP contribution is 2.15. The third kappa shape index (κ3) is 5.48. The molecule has 1 aromatic rings. The summed E-state index contributed by atoms with van der Waals surface area (Å²) in [5.41, 5.74) is 0. The van der Waals surface area contributed by atoms with Crippen LogP contribution in [0.2, 0.25) is 0 Å². The van der Waals surface area contributed by atoms with Crippen LogP contribution < -0.4 is 5.32 Å². The molecule has 1 unspecified atom stereocenters. The molecule has 0 aliphatic carbocycles. The lowest BCUT2D eigenvalue weighted by atomic mass is 10.1. The fraction of sp³-hybridized carbons (Fsp3) is 0.692. The van der Waals surface area contributed by atoms with Gasteiger partial charge in [-0.1, -0.05) is 26.7 Å². The molecule has 0 aliphatic heterocycles.